The Hall–Kier alpha value is -2.35. The van der Waals surface area contributed by atoms with E-state index in [0.29, 0.717) is 6.54 Å². The zero-order valence-corrected chi connectivity index (χ0v) is 12.3. The van der Waals surface area contributed by atoms with Gasteiger partial charge in [0, 0.05) is 12.6 Å². The molecule has 0 heterocycles. The van der Waals surface area contributed by atoms with Crippen molar-refractivity contribution >= 4 is 12.0 Å². The molecule has 2 heteroatoms. The lowest BCUT2D eigenvalue weighted by molar-refractivity contribution is -0.127. The summed E-state index contributed by atoms with van der Waals surface area (Å²) in [7, 11) is 0. The third-order valence-corrected chi connectivity index (χ3v) is 3.94. The summed E-state index contributed by atoms with van der Waals surface area (Å²) in [5.41, 5.74) is 4.88. The molecule has 1 aliphatic carbocycles. The van der Waals surface area contributed by atoms with Crippen molar-refractivity contribution < 1.29 is 4.79 Å². The number of rotatable bonds is 3. The van der Waals surface area contributed by atoms with Crippen LogP contribution in [-0.2, 0) is 17.8 Å². The molecule has 0 unspecified atom stereocenters. The second kappa shape index (κ2) is 5.96. The molecule has 2 aromatic rings. The van der Waals surface area contributed by atoms with Gasteiger partial charge in [-0.1, -0.05) is 54.6 Å². The van der Waals surface area contributed by atoms with Crippen LogP contribution in [0.1, 0.15) is 30.0 Å². The van der Waals surface area contributed by atoms with Crippen molar-refractivity contribution in [2.45, 2.75) is 26.3 Å². The minimum absolute atomic E-state index is 0.101. The lowest BCUT2D eigenvalue weighted by Crippen LogP contribution is -2.28. The molecule has 0 bridgehead atoms. The molecule has 0 saturated carbocycles. The maximum atomic E-state index is 12.0. The summed E-state index contributed by atoms with van der Waals surface area (Å²) in [6.07, 6.45) is 4.08. The largest absolute Gasteiger partial charge is 0.312 e. The fourth-order valence-electron chi connectivity index (χ4n) is 2.81. The van der Waals surface area contributed by atoms with Gasteiger partial charge in [0.2, 0.25) is 5.91 Å². The minimum atomic E-state index is 0.101. The van der Waals surface area contributed by atoms with E-state index in [-0.39, 0.29) is 5.91 Å². The molecule has 0 saturated heterocycles. The lowest BCUT2D eigenvalue weighted by Gasteiger charge is -2.27. The van der Waals surface area contributed by atoms with E-state index < -0.39 is 0 Å². The topological polar surface area (TPSA) is 20.3 Å². The number of amides is 1. The molecular weight excluding hydrogens is 258 g/mol. The van der Waals surface area contributed by atoms with Crippen LogP contribution in [0.25, 0.3) is 6.08 Å². The third kappa shape index (κ3) is 3.05. The van der Waals surface area contributed by atoms with Crippen molar-refractivity contribution in [3.05, 3.63) is 77.0 Å². The summed E-state index contributed by atoms with van der Waals surface area (Å²) >= 11 is 0. The van der Waals surface area contributed by atoms with Crippen LogP contribution in [0.15, 0.2) is 60.3 Å². The molecule has 1 aliphatic rings. The van der Waals surface area contributed by atoms with E-state index in [4.69, 9.17) is 0 Å². The maximum Gasteiger partial charge on any atom is 0.223 e. The van der Waals surface area contributed by atoms with Gasteiger partial charge in [0.25, 0.3) is 0 Å². The standard InChI is InChI=1S/C19H19NO/c1-15(21)20(14-16-7-3-2-4-8-16)19-12-11-17-9-5-6-10-18(17)13-19/h2-10,13H,11-12,14H2,1H3. The van der Waals surface area contributed by atoms with Crippen molar-refractivity contribution in [3.63, 3.8) is 0 Å². The first kappa shape index (κ1) is 13.6. The molecule has 21 heavy (non-hydrogen) atoms. The number of carbonyl (C=O) groups is 1. The van der Waals surface area contributed by atoms with Crippen LogP contribution in [0.5, 0.6) is 0 Å². The minimum Gasteiger partial charge on any atom is -0.312 e. The van der Waals surface area contributed by atoms with Crippen LogP contribution < -0.4 is 0 Å². The molecule has 0 fully saturated rings. The van der Waals surface area contributed by atoms with Crippen LogP contribution in [0.2, 0.25) is 0 Å². The summed E-state index contributed by atoms with van der Waals surface area (Å²) in [5, 5.41) is 0. The molecule has 0 spiro atoms. The molecule has 0 aliphatic heterocycles. The number of allylic oxidation sites excluding steroid dienone is 1. The van der Waals surface area contributed by atoms with Gasteiger partial charge in [-0.25, -0.2) is 0 Å². The van der Waals surface area contributed by atoms with E-state index in [1.165, 1.54) is 11.1 Å². The number of hydrogen-bond donors (Lipinski definition) is 0. The Morgan fingerprint density at radius 3 is 2.48 bits per heavy atom. The van der Waals surface area contributed by atoms with E-state index in [2.05, 4.69) is 36.4 Å². The molecule has 2 aromatic carbocycles. The highest BCUT2D eigenvalue weighted by Crippen LogP contribution is 2.27. The third-order valence-electron chi connectivity index (χ3n) is 3.94. The van der Waals surface area contributed by atoms with Crippen molar-refractivity contribution in [2.24, 2.45) is 0 Å². The number of carbonyl (C=O) groups excluding carboxylic acids is 1. The van der Waals surface area contributed by atoms with Gasteiger partial charge in [-0.15, -0.1) is 0 Å². The zero-order chi connectivity index (χ0) is 14.7. The van der Waals surface area contributed by atoms with Gasteiger partial charge in [-0.05, 0) is 35.6 Å². The van der Waals surface area contributed by atoms with Crippen LogP contribution >= 0.6 is 0 Å². The van der Waals surface area contributed by atoms with Crippen LogP contribution in [0, 0.1) is 0 Å². The Kier molecular flexibility index (Phi) is 3.87. The van der Waals surface area contributed by atoms with Gasteiger partial charge >= 0.3 is 0 Å². The molecule has 0 radical (unpaired) electrons. The Morgan fingerprint density at radius 2 is 1.71 bits per heavy atom. The highest BCUT2D eigenvalue weighted by Gasteiger charge is 2.18. The first-order valence-corrected chi connectivity index (χ1v) is 7.34. The van der Waals surface area contributed by atoms with Crippen molar-refractivity contribution in [1.29, 1.82) is 0 Å². The zero-order valence-electron chi connectivity index (χ0n) is 12.3. The molecular formula is C19H19NO. The second-order valence-electron chi connectivity index (χ2n) is 5.43. The van der Waals surface area contributed by atoms with Gasteiger partial charge in [0.15, 0.2) is 0 Å². The Morgan fingerprint density at radius 1 is 1.00 bits per heavy atom. The Labute approximate surface area is 125 Å². The highest BCUT2D eigenvalue weighted by molar-refractivity contribution is 5.77. The molecule has 106 valence electrons. The smallest absolute Gasteiger partial charge is 0.223 e. The van der Waals surface area contributed by atoms with E-state index in [1.54, 1.807) is 6.92 Å². The summed E-state index contributed by atoms with van der Waals surface area (Å²) in [6.45, 7) is 2.29. The van der Waals surface area contributed by atoms with Gasteiger partial charge in [-0.3, -0.25) is 4.79 Å². The van der Waals surface area contributed by atoms with Crippen LogP contribution in [-0.4, -0.2) is 10.8 Å². The highest BCUT2D eigenvalue weighted by atomic mass is 16.2. The monoisotopic (exact) mass is 277 g/mol. The van der Waals surface area contributed by atoms with Crippen molar-refractivity contribution in [1.82, 2.24) is 4.90 Å². The predicted octanol–water partition coefficient (Wildman–Crippen LogP) is 4.02. The number of fused-ring (bicyclic) bond motifs is 1. The van der Waals surface area contributed by atoms with E-state index in [1.807, 2.05) is 29.2 Å². The molecule has 2 nitrogen and oxygen atoms in total. The molecule has 0 N–H and O–H groups in total. The quantitative estimate of drug-likeness (QED) is 0.829. The van der Waals surface area contributed by atoms with Crippen molar-refractivity contribution in [3.8, 4) is 0 Å². The number of benzene rings is 2. The van der Waals surface area contributed by atoms with Crippen molar-refractivity contribution in [2.75, 3.05) is 0 Å². The average Bonchev–Trinajstić information content (AvgIpc) is 2.53. The van der Waals surface area contributed by atoms with Gasteiger partial charge < -0.3 is 4.90 Å². The lowest BCUT2D eigenvalue weighted by atomic mass is 9.94. The van der Waals surface area contributed by atoms with Crippen LogP contribution in [0.3, 0.4) is 0 Å². The normalized spacial score (nSPS) is 13.3. The van der Waals surface area contributed by atoms with E-state index >= 15 is 0 Å². The average molecular weight is 277 g/mol. The van der Waals surface area contributed by atoms with Gasteiger partial charge in [-0.2, -0.15) is 0 Å². The summed E-state index contributed by atoms with van der Waals surface area (Å²) in [6, 6.07) is 18.6. The molecule has 0 atom stereocenters. The van der Waals surface area contributed by atoms with Gasteiger partial charge in [0.1, 0.15) is 0 Å². The fraction of sp³-hybridized carbons (Fsp3) is 0.211. The second-order valence-corrected chi connectivity index (χ2v) is 5.43. The predicted molar refractivity (Wildman–Crippen MR) is 85.4 cm³/mol. The number of hydrogen-bond acceptors (Lipinski definition) is 1. The molecule has 3 rings (SSSR count). The maximum absolute atomic E-state index is 12.0. The molecule has 1 amide bonds. The summed E-state index contributed by atoms with van der Waals surface area (Å²) in [4.78, 5) is 13.9. The summed E-state index contributed by atoms with van der Waals surface area (Å²) in [5.74, 6) is 0.101. The SMILES string of the molecule is CC(=O)N(Cc1ccccc1)C1=Cc2ccccc2CC1. The Bertz CT molecular complexity index is 673. The fourth-order valence-corrected chi connectivity index (χ4v) is 2.81. The first-order valence-electron chi connectivity index (χ1n) is 7.34. The van der Waals surface area contributed by atoms with Gasteiger partial charge in [0.05, 0.1) is 6.54 Å². The van der Waals surface area contributed by atoms with E-state index in [9.17, 15) is 4.79 Å². The number of aryl methyl sites for hydroxylation is 1. The Balaban J connectivity index is 1.89. The van der Waals surface area contributed by atoms with E-state index in [0.717, 1.165) is 24.1 Å². The van der Waals surface area contributed by atoms with Crippen LogP contribution in [0.4, 0.5) is 0 Å². The summed E-state index contributed by atoms with van der Waals surface area (Å²) < 4.78 is 0. The number of nitrogens with zero attached hydrogens (tertiary/aromatic N) is 1. The molecule has 0 aromatic heterocycles. The first-order chi connectivity index (χ1) is 10.2.